The van der Waals surface area contributed by atoms with Crippen molar-refractivity contribution in [2.24, 2.45) is 0 Å². The van der Waals surface area contributed by atoms with E-state index < -0.39 is 0 Å². The topological polar surface area (TPSA) is 33.0 Å². The fraction of sp³-hybridized carbons (Fsp3) is 0.300. The number of rotatable bonds is 3. The van der Waals surface area contributed by atoms with E-state index in [1.54, 1.807) is 12.1 Å². The van der Waals surface area contributed by atoms with Crippen LogP contribution in [0.5, 0.6) is 0 Å². The summed E-state index contributed by atoms with van der Waals surface area (Å²) < 4.78 is 19.2. The van der Waals surface area contributed by atoms with Crippen molar-refractivity contribution < 1.29 is 9.13 Å². The molecule has 0 spiro atoms. The number of ether oxygens (including phenoxy) is 1. The molecule has 0 N–H and O–H groups in total. The van der Waals surface area contributed by atoms with Crippen molar-refractivity contribution in [2.45, 2.75) is 13.0 Å². The smallest absolute Gasteiger partial charge is 0.133 e. The summed E-state index contributed by atoms with van der Waals surface area (Å²) in [5.41, 5.74) is 0.862. The van der Waals surface area contributed by atoms with Crippen molar-refractivity contribution in [1.29, 1.82) is 5.26 Å². The zero-order chi connectivity index (χ0) is 10.6. The highest BCUT2D eigenvalue weighted by molar-refractivity contribution is 9.10. The van der Waals surface area contributed by atoms with Gasteiger partial charge in [-0.05, 0) is 12.1 Å². The molecule has 0 radical (unpaired) electrons. The molecule has 0 unspecified atom stereocenters. The summed E-state index contributed by atoms with van der Waals surface area (Å²) in [5.74, 6) is -0.350. The van der Waals surface area contributed by atoms with Gasteiger partial charge in [-0.3, -0.25) is 0 Å². The predicted octanol–water partition coefficient (Wildman–Crippen LogP) is 2.80. The number of nitrogens with zero attached hydrogens (tertiary/aromatic N) is 1. The average molecular weight is 258 g/mol. The quantitative estimate of drug-likeness (QED) is 0.835. The second kappa shape index (κ2) is 5.08. The van der Waals surface area contributed by atoms with E-state index in [2.05, 4.69) is 15.9 Å². The van der Waals surface area contributed by atoms with Crippen LogP contribution >= 0.6 is 15.9 Å². The number of nitriles is 1. The average Bonchev–Trinajstić information content (AvgIpc) is 2.14. The van der Waals surface area contributed by atoms with Gasteiger partial charge >= 0.3 is 0 Å². The highest BCUT2D eigenvalue weighted by Crippen LogP contribution is 2.21. The van der Waals surface area contributed by atoms with Crippen molar-refractivity contribution in [3.8, 4) is 6.07 Å². The van der Waals surface area contributed by atoms with Gasteiger partial charge in [0, 0.05) is 22.7 Å². The lowest BCUT2D eigenvalue weighted by Crippen LogP contribution is -1.98. The summed E-state index contributed by atoms with van der Waals surface area (Å²) in [4.78, 5) is 0. The summed E-state index contributed by atoms with van der Waals surface area (Å²) in [6.07, 6.45) is 0.0714. The van der Waals surface area contributed by atoms with Crippen LogP contribution in [0.15, 0.2) is 16.6 Å². The zero-order valence-electron chi connectivity index (χ0n) is 7.68. The third kappa shape index (κ3) is 2.53. The van der Waals surface area contributed by atoms with E-state index in [-0.39, 0.29) is 18.8 Å². The van der Waals surface area contributed by atoms with Gasteiger partial charge in [0.05, 0.1) is 19.1 Å². The summed E-state index contributed by atoms with van der Waals surface area (Å²) in [6.45, 7) is 0.212. The first-order chi connectivity index (χ1) is 6.69. The van der Waals surface area contributed by atoms with Crippen molar-refractivity contribution in [2.75, 3.05) is 7.11 Å². The Hall–Kier alpha value is -0.920. The van der Waals surface area contributed by atoms with Gasteiger partial charge in [-0.1, -0.05) is 15.9 Å². The number of hydrogen-bond donors (Lipinski definition) is 0. The molecule has 0 saturated carbocycles. The highest BCUT2D eigenvalue weighted by atomic mass is 79.9. The van der Waals surface area contributed by atoms with Crippen molar-refractivity contribution in [3.63, 3.8) is 0 Å². The molecule has 4 heteroatoms. The Bertz CT molecular complexity index is 373. The van der Waals surface area contributed by atoms with E-state index in [9.17, 15) is 4.39 Å². The molecule has 0 aliphatic heterocycles. The SMILES string of the molecule is COCc1cc(Br)cc(CC#N)c1F. The van der Waals surface area contributed by atoms with Crippen LogP contribution in [0.1, 0.15) is 11.1 Å². The van der Waals surface area contributed by atoms with Crippen LogP contribution in [-0.4, -0.2) is 7.11 Å². The van der Waals surface area contributed by atoms with Gasteiger partial charge in [-0.25, -0.2) is 4.39 Å². The fourth-order valence-corrected chi connectivity index (χ4v) is 1.73. The van der Waals surface area contributed by atoms with Gasteiger partial charge in [-0.2, -0.15) is 5.26 Å². The van der Waals surface area contributed by atoms with Gasteiger partial charge in [0.25, 0.3) is 0 Å². The van der Waals surface area contributed by atoms with Crippen LogP contribution in [0.25, 0.3) is 0 Å². The Kier molecular flexibility index (Phi) is 4.05. The van der Waals surface area contributed by atoms with Gasteiger partial charge in [0.15, 0.2) is 0 Å². The van der Waals surface area contributed by atoms with E-state index in [4.69, 9.17) is 10.00 Å². The molecule has 74 valence electrons. The molecular weight excluding hydrogens is 249 g/mol. The number of methoxy groups -OCH3 is 1. The lowest BCUT2D eigenvalue weighted by Gasteiger charge is -2.06. The monoisotopic (exact) mass is 257 g/mol. The van der Waals surface area contributed by atoms with Gasteiger partial charge in [-0.15, -0.1) is 0 Å². The molecule has 0 saturated heterocycles. The maximum atomic E-state index is 13.6. The predicted molar refractivity (Wildman–Crippen MR) is 54.1 cm³/mol. The van der Waals surface area contributed by atoms with Crippen molar-refractivity contribution in [3.05, 3.63) is 33.5 Å². The molecule has 0 aromatic heterocycles. The minimum Gasteiger partial charge on any atom is -0.380 e. The largest absolute Gasteiger partial charge is 0.380 e. The lowest BCUT2D eigenvalue weighted by molar-refractivity contribution is 0.181. The zero-order valence-corrected chi connectivity index (χ0v) is 9.27. The van der Waals surface area contributed by atoms with Crippen LogP contribution in [0.3, 0.4) is 0 Å². The fourth-order valence-electron chi connectivity index (χ4n) is 1.18. The van der Waals surface area contributed by atoms with Gasteiger partial charge in [0.2, 0.25) is 0 Å². The van der Waals surface area contributed by atoms with Crippen molar-refractivity contribution in [1.82, 2.24) is 0 Å². The molecule has 0 amide bonds. The molecule has 0 fully saturated rings. The maximum Gasteiger partial charge on any atom is 0.133 e. The Morgan fingerprint density at radius 2 is 2.14 bits per heavy atom. The van der Waals surface area contributed by atoms with Crippen LogP contribution in [0.2, 0.25) is 0 Å². The molecule has 1 aromatic rings. The molecule has 1 rings (SSSR count). The Morgan fingerprint density at radius 3 is 2.71 bits per heavy atom. The summed E-state index contributed by atoms with van der Waals surface area (Å²) in [7, 11) is 1.50. The molecule has 0 heterocycles. The molecule has 0 aliphatic carbocycles. The third-order valence-corrected chi connectivity index (χ3v) is 2.22. The summed E-state index contributed by atoms with van der Waals surface area (Å²) in [6, 6.07) is 5.18. The van der Waals surface area contributed by atoms with Crippen molar-refractivity contribution >= 4 is 15.9 Å². The van der Waals surface area contributed by atoms with Crippen LogP contribution < -0.4 is 0 Å². The number of hydrogen-bond acceptors (Lipinski definition) is 2. The Balaban J connectivity index is 3.12. The minimum absolute atomic E-state index is 0.0714. The first kappa shape index (κ1) is 11.2. The molecule has 0 atom stereocenters. The van der Waals surface area contributed by atoms with E-state index in [1.807, 2.05) is 6.07 Å². The van der Waals surface area contributed by atoms with Gasteiger partial charge < -0.3 is 4.74 Å². The minimum atomic E-state index is -0.350. The van der Waals surface area contributed by atoms with E-state index in [0.29, 0.717) is 11.1 Å². The number of benzene rings is 1. The summed E-state index contributed by atoms with van der Waals surface area (Å²) in [5, 5.41) is 8.49. The molecule has 0 aliphatic rings. The number of halogens is 2. The van der Waals surface area contributed by atoms with Gasteiger partial charge in [0.1, 0.15) is 5.82 Å². The lowest BCUT2D eigenvalue weighted by atomic mass is 10.1. The molecule has 14 heavy (non-hydrogen) atoms. The normalized spacial score (nSPS) is 9.86. The second-order valence-corrected chi connectivity index (χ2v) is 3.72. The van der Waals surface area contributed by atoms with E-state index in [1.165, 1.54) is 7.11 Å². The highest BCUT2D eigenvalue weighted by Gasteiger charge is 2.09. The molecular formula is C10H9BrFNO. The molecule has 2 nitrogen and oxygen atoms in total. The summed E-state index contributed by atoms with van der Waals surface area (Å²) >= 11 is 3.26. The van der Waals surface area contributed by atoms with E-state index >= 15 is 0 Å². The Labute approximate surface area is 90.4 Å². The third-order valence-electron chi connectivity index (χ3n) is 1.76. The van der Waals surface area contributed by atoms with Crippen LogP contribution in [0, 0.1) is 17.1 Å². The molecule has 0 bridgehead atoms. The second-order valence-electron chi connectivity index (χ2n) is 2.81. The molecule has 1 aromatic carbocycles. The first-order valence-electron chi connectivity index (χ1n) is 4.01. The van der Waals surface area contributed by atoms with Crippen LogP contribution in [-0.2, 0) is 17.8 Å². The van der Waals surface area contributed by atoms with Crippen LogP contribution in [0.4, 0.5) is 4.39 Å². The van der Waals surface area contributed by atoms with E-state index in [0.717, 1.165) is 4.47 Å². The Morgan fingerprint density at radius 1 is 1.50 bits per heavy atom. The first-order valence-corrected chi connectivity index (χ1v) is 4.81. The standard InChI is InChI=1S/C10H9BrFNO/c1-14-6-8-5-9(11)4-7(2-3-13)10(8)12/h4-5H,2,6H2,1H3. The maximum absolute atomic E-state index is 13.6.